The predicted octanol–water partition coefficient (Wildman–Crippen LogP) is -0.650. The lowest BCUT2D eigenvalue weighted by Crippen LogP contribution is -2.64. The minimum atomic E-state index is -3.45. The largest absolute Gasteiger partial charge is 0.387 e. The van der Waals surface area contributed by atoms with Gasteiger partial charge in [-0.15, -0.1) is 0 Å². The van der Waals surface area contributed by atoms with Crippen LogP contribution in [0.25, 0.3) is 0 Å². The molecule has 18 heavy (non-hydrogen) atoms. The highest BCUT2D eigenvalue weighted by atomic mass is 32.2. The van der Waals surface area contributed by atoms with Gasteiger partial charge in [0.05, 0.1) is 22.4 Å². The lowest BCUT2D eigenvalue weighted by molar-refractivity contribution is -0.0617. The standard InChI is InChI=1S/C10H19NO5S2/c1-2-10(12)7-11(8-10)18(15,16)9-3-5-17(13,14)6-4-9/h9,12H,2-8H2,1H3. The minimum Gasteiger partial charge on any atom is -0.387 e. The normalized spacial score (nSPS) is 28.8. The molecular formula is C10H19NO5S2. The van der Waals surface area contributed by atoms with Gasteiger partial charge >= 0.3 is 0 Å². The molecule has 106 valence electrons. The summed E-state index contributed by atoms with van der Waals surface area (Å²) in [6.45, 7) is 2.08. The second kappa shape index (κ2) is 4.43. The first-order chi connectivity index (χ1) is 8.19. The van der Waals surface area contributed by atoms with Gasteiger partial charge in [-0.2, -0.15) is 4.31 Å². The summed E-state index contributed by atoms with van der Waals surface area (Å²) in [5.74, 6) is -0.106. The van der Waals surface area contributed by atoms with E-state index in [4.69, 9.17) is 0 Å². The summed E-state index contributed by atoms with van der Waals surface area (Å²) >= 11 is 0. The molecule has 2 heterocycles. The zero-order chi connectivity index (χ0) is 13.6. The molecule has 0 aromatic heterocycles. The van der Waals surface area contributed by atoms with Gasteiger partial charge in [-0.25, -0.2) is 16.8 Å². The molecule has 0 aromatic carbocycles. The molecule has 0 saturated carbocycles. The molecule has 1 N–H and O–H groups in total. The number of rotatable bonds is 3. The molecule has 0 radical (unpaired) electrons. The van der Waals surface area contributed by atoms with Crippen molar-refractivity contribution in [1.82, 2.24) is 4.31 Å². The van der Waals surface area contributed by atoms with Gasteiger partial charge in [0, 0.05) is 13.1 Å². The Kier molecular flexibility index (Phi) is 3.50. The average molecular weight is 297 g/mol. The fourth-order valence-corrected chi connectivity index (χ4v) is 6.27. The van der Waals surface area contributed by atoms with Crippen molar-refractivity contribution in [3.05, 3.63) is 0 Å². The summed E-state index contributed by atoms with van der Waals surface area (Å²) in [6.07, 6.45) is 0.871. The monoisotopic (exact) mass is 297 g/mol. The van der Waals surface area contributed by atoms with Gasteiger partial charge in [0.1, 0.15) is 9.84 Å². The van der Waals surface area contributed by atoms with E-state index < -0.39 is 30.7 Å². The quantitative estimate of drug-likeness (QED) is 0.747. The number of hydrogen-bond acceptors (Lipinski definition) is 5. The van der Waals surface area contributed by atoms with Crippen LogP contribution in [0.4, 0.5) is 0 Å². The lowest BCUT2D eigenvalue weighted by Gasteiger charge is -2.46. The minimum absolute atomic E-state index is 0.0528. The van der Waals surface area contributed by atoms with Gasteiger partial charge in [-0.3, -0.25) is 0 Å². The van der Waals surface area contributed by atoms with Crippen LogP contribution in [0.15, 0.2) is 0 Å². The average Bonchev–Trinajstić information content (AvgIpc) is 2.24. The first kappa shape index (κ1) is 14.2. The van der Waals surface area contributed by atoms with E-state index in [1.54, 1.807) is 0 Å². The Bertz CT molecular complexity index is 504. The summed E-state index contributed by atoms with van der Waals surface area (Å²) in [7, 11) is -6.50. The zero-order valence-electron chi connectivity index (χ0n) is 10.4. The van der Waals surface area contributed by atoms with E-state index >= 15 is 0 Å². The van der Waals surface area contributed by atoms with E-state index in [2.05, 4.69) is 0 Å². The zero-order valence-corrected chi connectivity index (χ0v) is 12.0. The van der Waals surface area contributed by atoms with Gasteiger partial charge in [0.15, 0.2) is 0 Å². The maximum atomic E-state index is 12.2. The lowest BCUT2D eigenvalue weighted by atomic mass is 9.94. The van der Waals surface area contributed by atoms with Gasteiger partial charge in [-0.1, -0.05) is 6.92 Å². The van der Waals surface area contributed by atoms with Crippen LogP contribution in [0, 0.1) is 0 Å². The van der Waals surface area contributed by atoms with E-state index in [1.165, 1.54) is 4.31 Å². The van der Waals surface area contributed by atoms with Crippen LogP contribution in [0.3, 0.4) is 0 Å². The highest BCUT2D eigenvalue weighted by Crippen LogP contribution is 2.31. The summed E-state index contributed by atoms with van der Waals surface area (Å²) in [6, 6.07) is 0. The number of hydrogen-bond donors (Lipinski definition) is 1. The first-order valence-electron chi connectivity index (χ1n) is 6.10. The van der Waals surface area contributed by atoms with Crippen molar-refractivity contribution in [1.29, 1.82) is 0 Å². The van der Waals surface area contributed by atoms with E-state index in [0.29, 0.717) is 6.42 Å². The Balaban J connectivity index is 2.02. The van der Waals surface area contributed by atoms with Gasteiger partial charge < -0.3 is 5.11 Å². The fraction of sp³-hybridized carbons (Fsp3) is 1.00. The van der Waals surface area contributed by atoms with Gasteiger partial charge in [-0.05, 0) is 19.3 Å². The molecule has 8 heteroatoms. The van der Waals surface area contributed by atoms with Crippen LogP contribution in [-0.4, -0.2) is 61.7 Å². The van der Waals surface area contributed by atoms with Crippen LogP contribution in [0.2, 0.25) is 0 Å². The molecule has 6 nitrogen and oxygen atoms in total. The van der Waals surface area contributed by atoms with Crippen molar-refractivity contribution in [2.24, 2.45) is 0 Å². The van der Waals surface area contributed by atoms with E-state index in [9.17, 15) is 21.9 Å². The van der Waals surface area contributed by atoms with Gasteiger partial charge in [0.2, 0.25) is 10.0 Å². The summed E-state index contributed by atoms with van der Waals surface area (Å²) < 4.78 is 48.2. The highest BCUT2D eigenvalue weighted by molar-refractivity contribution is 7.92. The maximum absolute atomic E-state index is 12.2. The molecule has 0 bridgehead atoms. The Morgan fingerprint density at radius 2 is 1.78 bits per heavy atom. The topological polar surface area (TPSA) is 91.8 Å². The second-order valence-electron chi connectivity index (χ2n) is 5.24. The van der Waals surface area contributed by atoms with Crippen LogP contribution in [-0.2, 0) is 19.9 Å². The smallest absolute Gasteiger partial charge is 0.217 e. The molecule has 0 unspecified atom stereocenters. The van der Waals surface area contributed by atoms with Crippen molar-refractivity contribution < 1.29 is 21.9 Å². The first-order valence-corrected chi connectivity index (χ1v) is 9.43. The third kappa shape index (κ3) is 2.56. The third-order valence-electron chi connectivity index (χ3n) is 3.88. The third-order valence-corrected chi connectivity index (χ3v) is 7.89. The van der Waals surface area contributed by atoms with E-state index in [1.807, 2.05) is 6.92 Å². The summed E-state index contributed by atoms with van der Waals surface area (Å²) in [4.78, 5) is 0. The van der Waals surface area contributed by atoms with E-state index in [-0.39, 0.29) is 37.4 Å². The van der Waals surface area contributed by atoms with E-state index in [0.717, 1.165) is 0 Å². The Morgan fingerprint density at radius 1 is 1.28 bits per heavy atom. The van der Waals surface area contributed by atoms with Crippen LogP contribution >= 0.6 is 0 Å². The molecule has 0 aromatic rings. The SMILES string of the molecule is CCC1(O)CN(S(=O)(=O)C2CCS(=O)(=O)CC2)C1. The number of sulfone groups is 1. The molecule has 2 rings (SSSR count). The fourth-order valence-electron chi connectivity index (χ4n) is 2.39. The predicted molar refractivity (Wildman–Crippen MR) is 67.4 cm³/mol. The van der Waals surface area contributed by atoms with Crippen LogP contribution < -0.4 is 0 Å². The number of aliphatic hydroxyl groups is 1. The van der Waals surface area contributed by atoms with Crippen LogP contribution in [0.5, 0.6) is 0 Å². The summed E-state index contributed by atoms with van der Waals surface area (Å²) in [5.41, 5.74) is -0.895. The maximum Gasteiger partial charge on any atom is 0.217 e. The molecular weight excluding hydrogens is 278 g/mol. The van der Waals surface area contributed by atoms with Crippen molar-refractivity contribution in [2.45, 2.75) is 37.0 Å². The molecule has 2 saturated heterocycles. The molecule has 2 aliphatic heterocycles. The van der Waals surface area contributed by atoms with Crippen molar-refractivity contribution in [2.75, 3.05) is 24.6 Å². The van der Waals surface area contributed by atoms with Crippen molar-refractivity contribution in [3.8, 4) is 0 Å². The molecule has 2 fully saturated rings. The Hall–Kier alpha value is -0.180. The Labute approximate surface area is 108 Å². The summed E-state index contributed by atoms with van der Waals surface area (Å²) in [5, 5.41) is 9.22. The molecule has 2 aliphatic rings. The molecule has 0 spiro atoms. The van der Waals surface area contributed by atoms with Crippen molar-refractivity contribution in [3.63, 3.8) is 0 Å². The van der Waals surface area contributed by atoms with Crippen LogP contribution in [0.1, 0.15) is 26.2 Å². The Morgan fingerprint density at radius 3 is 2.22 bits per heavy atom. The number of β-amino-alcohol motifs (C(OH)–C–C–N with tert-alkyl or cyclic N) is 1. The number of sulfonamides is 1. The van der Waals surface area contributed by atoms with Gasteiger partial charge in [0.25, 0.3) is 0 Å². The molecule has 0 atom stereocenters. The molecule has 0 aliphatic carbocycles. The van der Waals surface area contributed by atoms with Crippen molar-refractivity contribution >= 4 is 19.9 Å². The number of nitrogens with zero attached hydrogens (tertiary/aromatic N) is 1. The molecule has 0 amide bonds. The highest BCUT2D eigenvalue weighted by Gasteiger charge is 2.48. The second-order valence-corrected chi connectivity index (χ2v) is 9.76.